The van der Waals surface area contributed by atoms with E-state index in [1.807, 2.05) is 31.2 Å². The number of carbonyl (C=O) groups excluding carboxylic acids is 2. The molecule has 0 aromatic heterocycles. The van der Waals surface area contributed by atoms with E-state index in [0.29, 0.717) is 29.5 Å². The number of ether oxygens (including phenoxy) is 2. The molecule has 0 saturated carbocycles. The molecule has 130 valence electrons. The van der Waals surface area contributed by atoms with Gasteiger partial charge in [0.25, 0.3) is 5.91 Å². The Kier molecular flexibility index (Phi) is 4.95. The lowest BCUT2D eigenvalue weighted by Crippen LogP contribution is -2.23. The topological polar surface area (TPSA) is 55.8 Å². The SMILES string of the molecule is CCOC(=O)COc1cc(Cl)c2c(c1)CN(c1ccccc1C)C2=O. The Morgan fingerprint density at radius 2 is 2.04 bits per heavy atom. The van der Waals surface area contributed by atoms with Crippen LogP contribution in [0, 0.1) is 6.92 Å². The third-order valence-corrected chi connectivity index (χ3v) is 4.30. The second-order valence-electron chi connectivity index (χ2n) is 5.71. The third-order valence-electron chi connectivity index (χ3n) is 4.00. The zero-order valence-electron chi connectivity index (χ0n) is 14.0. The molecule has 0 unspecified atom stereocenters. The number of halogens is 1. The van der Waals surface area contributed by atoms with Crippen LogP contribution in [0.2, 0.25) is 5.02 Å². The van der Waals surface area contributed by atoms with Crippen molar-refractivity contribution in [3.8, 4) is 5.75 Å². The Bertz CT molecular complexity index is 834. The molecule has 0 aliphatic carbocycles. The van der Waals surface area contributed by atoms with Crippen LogP contribution in [-0.2, 0) is 16.1 Å². The van der Waals surface area contributed by atoms with Crippen LogP contribution in [-0.4, -0.2) is 25.1 Å². The van der Waals surface area contributed by atoms with Gasteiger partial charge >= 0.3 is 5.97 Å². The number of nitrogens with zero attached hydrogens (tertiary/aromatic N) is 1. The number of aryl methyl sites for hydroxylation is 1. The van der Waals surface area contributed by atoms with Crippen LogP contribution in [0.4, 0.5) is 5.69 Å². The average molecular weight is 360 g/mol. The van der Waals surface area contributed by atoms with Crippen molar-refractivity contribution in [3.63, 3.8) is 0 Å². The van der Waals surface area contributed by atoms with Gasteiger partial charge in [-0.25, -0.2) is 4.79 Å². The van der Waals surface area contributed by atoms with Gasteiger partial charge in [-0.3, -0.25) is 4.79 Å². The summed E-state index contributed by atoms with van der Waals surface area (Å²) in [6.45, 7) is 4.21. The van der Waals surface area contributed by atoms with Crippen molar-refractivity contribution in [3.05, 3.63) is 58.1 Å². The maximum Gasteiger partial charge on any atom is 0.344 e. The minimum Gasteiger partial charge on any atom is -0.482 e. The summed E-state index contributed by atoms with van der Waals surface area (Å²) in [6, 6.07) is 11.0. The maximum absolute atomic E-state index is 12.8. The summed E-state index contributed by atoms with van der Waals surface area (Å²) in [5, 5.41) is 0.317. The summed E-state index contributed by atoms with van der Waals surface area (Å²) in [7, 11) is 0. The molecule has 0 radical (unpaired) electrons. The van der Waals surface area contributed by atoms with Crippen molar-refractivity contribution in [2.75, 3.05) is 18.1 Å². The molecule has 1 heterocycles. The molecule has 0 fully saturated rings. The van der Waals surface area contributed by atoms with Crippen molar-refractivity contribution in [1.29, 1.82) is 0 Å². The summed E-state index contributed by atoms with van der Waals surface area (Å²) in [5.74, 6) is -0.140. The zero-order chi connectivity index (χ0) is 18.0. The summed E-state index contributed by atoms with van der Waals surface area (Å²) in [4.78, 5) is 25.9. The highest BCUT2D eigenvalue weighted by atomic mass is 35.5. The van der Waals surface area contributed by atoms with Crippen molar-refractivity contribution < 1.29 is 19.1 Å². The molecular formula is C19H18ClNO4. The van der Waals surface area contributed by atoms with Gasteiger partial charge in [0.05, 0.1) is 23.7 Å². The van der Waals surface area contributed by atoms with Crippen molar-refractivity contribution in [2.45, 2.75) is 20.4 Å². The van der Waals surface area contributed by atoms with E-state index < -0.39 is 5.97 Å². The van der Waals surface area contributed by atoms with Crippen LogP contribution in [0.1, 0.15) is 28.4 Å². The molecule has 0 N–H and O–H groups in total. The van der Waals surface area contributed by atoms with E-state index >= 15 is 0 Å². The van der Waals surface area contributed by atoms with Gasteiger partial charge in [0.1, 0.15) is 5.75 Å². The fourth-order valence-corrected chi connectivity index (χ4v) is 3.18. The molecule has 0 spiro atoms. The van der Waals surface area contributed by atoms with Crippen molar-refractivity contribution >= 4 is 29.2 Å². The van der Waals surface area contributed by atoms with Gasteiger partial charge in [0, 0.05) is 5.69 Å². The van der Waals surface area contributed by atoms with E-state index in [1.165, 1.54) is 0 Å². The summed E-state index contributed by atoms with van der Waals surface area (Å²) < 4.78 is 10.3. The molecule has 5 nitrogen and oxygen atoms in total. The third kappa shape index (κ3) is 3.46. The zero-order valence-corrected chi connectivity index (χ0v) is 14.8. The highest BCUT2D eigenvalue weighted by Crippen LogP contribution is 2.36. The average Bonchev–Trinajstić information content (AvgIpc) is 2.91. The molecule has 3 rings (SSSR count). The van der Waals surface area contributed by atoms with Crippen molar-refractivity contribution in [1.82, 2.24) is 0 Å². The molecule has 1 amide bonds. The molecule has 0 bridgehead atoms. The summed E-state index contributed by atoms with van der Waals surface area (Å²) in [6.07, 6.45) is 0. The standard InChI is InChI=1S/C19H18ClNO4/c1-3-24-17(22)11-25-14-8-13-10-21(16-7-5-4-6-12(16)2)19(23)18(13)15(20)9-14/h4-9H,3,10-11H2,1-2H3. The molecule has 1 aliphatic heterocycles. The highest BCUT2D eigenvalue weighted by molar-refractivity contribution is 6.35. The van der Waals surface area contributed by atoms with E-state index in [-0.39, 0.29) is 12.5 Å². The first-order valence-electron chi connectivity index (χ1n) is 7.99. The number of para-hydroxylation sites is 1. The first-order valence-corrected chi connectivity index (χ1v) is 8.37. The number of hydrogen-bond donors (Lipinski definition) is 0. The van der Waals surface area contributed by atoms with E-state index in [2.05, 4.69) is 0 Å². The first kappa shape index (κ1) is 17.3. The van der Waals surface area contributed by atoms with Gasteiger partial charge in [0.2, 0.25) is 0 Å². The van der Waals surface area contributed by atoms with Crippen LogP contribution in [0.25, 0.3) is 0 Å². The van der Waals surface area contributed by atoms with Crippen LogP contribution < -0.4 is 9.64 Å². The number of benzene rings is 2. The van der Waals surface area contributed by atoms with E-state index in [4.69, 9.17) is 21.1 Å². The lowest BCUT2D eigenvalue weighted by Gasteiger charge is -2.18. The van der Waals surface area contributed by atoms with Gasteiger partial charge in [-0.1, -0.05) is 29.8 Å². The van der Waals surface area contributed by atoms with Crippen LogP contribution in [0.15, 0.2) is 36.4 Å². The number of carbonyl (C=O) groups is 2. The van der Waals surface area contributed by atoms with Gasteiger partial charge in [-0.05, 0) is 43.2 Å². The second kappa shape index (κ2) is 7.15. The number of anilines is 1. The number of esters is 1. The smallest absolute Gasteiger partial charge is 0.344 e. The Balaban J connectivity index is 1.84. The van der Waals surface area contributed by atoms with Gasteiger partial charge in [-0.15, -0.1) is 0 Å². The Morgan fingerprint density at radius 1 is 1.28 bits per heavy atom. The Labute approximate surface area is 151 Å². The number of hydrogen-bond acceptors (Lipinski definition) is 4. The van der Waals surface area contributed by atoms with Crippen molar-refractivity contribution in [2.24, 2.45) is 0 Å². The number of fused-ring (bicyclic) bond motifs is 1. The Hall–Kier alpha value is -2.53. The predicted octanol–water partition coefficient (Wildman–Crippen LogP) is 3.75. The molecule has 1 aliphatic rings. The quantitative estimate of drug-likeness (QED) is 0.763. The Morgan fingerprint density at radius 3 is 2.76 bits per heavy atom. The molecular weight excluding hydrogens is 342 g/mol. The highest BCUT2D eigenvalue weighted by Gasteiger charge is 2.32. The summed E-state index contributed by atoms with van der Waals surface area (Å²) in [5.41, 5.74) is 3.13. The molecule has 25 heavy (non-hydrogen) atoms. The second-order valence-corrected chi connectivity index (χ2v) is 6.12. The lowest BCUT2D eigenvalue weighted by atomic mass is 10.1. The van der Waals surface area contributed by atoms with Gasteiger partial charge in [-0.2, -0.15) is 0 Å². The lowest BCUT2D eigenvalue weighted by molar-refractivity contribution is -0.145. The van der Waals surface area contributed by atoms with Gasteiger partial charge < -0.3 is 14.4 Å². The monoisotopic (exact) mass is 359 g/mol. The van der Waals surface area contributed by atoms with E-state index in [1.54, 1.807) is 24.0 Å². The van der Waals surface area contributed by atoms with Crippen LogP contribution in [0.3, 0.4) is 0 Å². The fraction of sp³-hybridized carbons (Fsp3) is 0.263. The predicted molar refractivity (Wildman–Crippen MR) is 95.3 cm³/mol. The number of amides is 1. The normalized spacial score (nSPS) is 12.9. The summed E-state index contributed by atoms with van der Waals surface area (Å²) >= 11 is 6.30. The minimum absolute atomic E-state index is 0.133. The minimum atomic E-state index is -0.447. The largest absolute Gasteiger partial charge is 0.482 e. The first-order chi connectivity index (χ1) is 12.0. The molecule has 0 saturated heterocycles. The maximum atomic E-state index is 12.8. The number of rotatable bonds is 5. The fourth-order valence-electron chi connectivity index (χ4n) is 2.87. The van der Waals surface area contributed by atoms with Gasteiger partial charge in [0.15, 0.2) is 6.61 Å². The van der Waals surface area contributed by atoms with E-state index in [0.717, 1.165) is 16.8 Å². The molecule has 0 atom stereocenters. The van der Waals surface area contributed by atoms with E-state index in [9.17, 15) is 9.59 Å². The molecule has 6 heteroatoms. The van der Waals surface area contributed by atoms with Crippen LogP contribution >= 0.6 is 11.6 Å². The molecule has 2 aromatic rings. The van der Waals surface area contributed by atoms with Crippen LogP contribution in [0.5, 0.6) is 5.75 Å². The molecule has 2 aromatic carbocycles.